The van der Waals surface area contributed by atoms with E-state index in [9.17, 15) is 0 Å². The van der Waals surface area contributed by atoms with Crippen LogP contribution in [0.1, 0.15) is 0 Å². The molecule has 1 atom stereocenters. The molecule has 1 aliphatic heterocycles. The molecule has 1 aromatic heterocycles. The minimum atomic E-state index is -0.468. The molecule has 0 aliphatic carbocycles. The van der Waals surface area contributed by atoms with Crippen LogP contribution in [0.5, 0.6) is 0 Å². The van der Waals surface area contributed by atoms with Crippen LogP contribution in [0.15, 0.2) is 18.1 Å². The third kappa shape index (κ3) is 2.58. The third-order valence-electron chi connectivity index (χ3n) is 2.08. The van der Waals surface area contributed by atoms with E-state index in [1.165, 1.54) is 6.20 Å². The first kappa shape index (κ1) is 11.9. The van der Waals surface area contributed by atoms with Crippen LogP contribution in [0.3, 0.4) is 0 Å². The SMILES string of the molecule is CN1C=C(Nc2nc(Cl)ncc2Cl)C(C#N)N1. The number of hydrazine groups is 1. The number of hydrogen-bond acceptors (Lipinski definition) is 6. The van der Waals surface area contributed by atoms with Gasteiger partial charge in [0.05, 0.1) is 18.0 Å². The maximum absolute atomic E-state index is 8.94. The Balaban J connectivity index is 2.24. The Morgan fingerprint density at radius 3 is 3.06 bits per heavy atom. The Morgan fingerprint density at radius 1 is 1.59 bits per heavy atom. The predicted octanol–water partition coefficient (Wildman–Crippen LogP) is 1.38. The van der Waals surface area contributed by atoms with Crippen molar-refractivity contribution in [1.29, 1.82) is 5.26 Å². The van der Waals surface area contributed by atoms with Crippen LogP contribution < -0.4 is 10.7 Å². The normalized spacial score (nSPS) is 18.8. The van der Waals surface area contributed by atoms with Crippen LogP contribution in [-0.2, 0) is 0 Å². The van der Waals surface area contributed by atoms with Crippen molar-refractivity contribution in [2.24, 2.45) is 0 Å². The smallest absolute Gasteiger partial charge is 0.224 e. The summed E-state index contributed by atoms with van der Waals surface area (Å²) in [5, 5.41) is 14.0. The summed E-state index contributed by atoms with van der Waals surface area (Å²) in [4.78, 5) is 7.68. The topological polar surface area (TPSA) is 76.9 Å². The Bertz CT molecular complexity index is 509. The Labute approximate surface area is 108 Å². The van der Waals surface area contributed by atoms with Gasteiger partial charge in [-0.15, -0.1) is 0 Å². The summed E-state index contributed by atoms with van der Waals surface area (Å²) < 4.78 is 0. The Hall–Kier alpha value is -1.55. The zero-order chi connectivity index (χ0) is 12.4. The first-order chi connectivity index (χ1) is 8.10. The van der Waals surface area contributed by atoms with E-state index in [4.69, 9.17) is 28.5 Å². The van der Waals surface area contributed by atoms with Gasteiger partial charge in [0.15, 0.2) is 11.9 Å². The molecule has 0 aromatic carbocycles. The molecule has 1 aliphatic rings. The number of nitrogens with one attached hydrogen (secondary N) is 2. The van der Waals surface area contributed by atoms with E-state index in [1.54, 1.807) is 18.3 Å². The van der Waals surface area contributed by atoms with E-state index in [0.29, 0.717) is 16.5 Å². The summed E-state index contributed by atoms with van der Waals surface area (Å²) >= 11 is 11.6. The summed E-state index contributed by atoms with van der Waals surface area (Å²) in [6, 6.07) is 1.63. The molecule has 0 bridgehead atoms. The van der Waals surface area contributed by atoms with Crippen molar-refractivity contribution in [3.8, 4) is 6.07 Å². The maximum Gasteiger partial charge on any atom is 0.224 e. The summed E-state index contributed by atoms with van der Waals surface area (Å²) in [5.41, 5.74) is 3.55. The number of nitriles is 1. The van der Waals surface area contributed by atoms with Crippen LogP contribution in [0.2, 0.25) is 10.3 Å². The van der Waals surface area contributed by atoms with E-state index in [2.05, 4.69) is 26.8 Å². The van der Waals surface area contributed by atoms with Gasteiger partial charge < -0.3 is 10.3 Å². The zero-order valence-corrected chi connectivity index (χ0v) is 10.3. The maximum atomic E-state index is 8.94. The highest BCUT2D eigenvalue weighted by Crippen LogP contribution is 2.22. The molecule has 0 amide bonds. The monoisotopic (exact) mass is 270 g/mol. The van der Waals surface area contributed by atoms with Crippen LogP contribution >= 0.6 is 23.2 Å². The molecule has 88 valence electrons. The van der Waals surface area contributed by atoms with E-state index in [0.717, 1.165) is 0 Å². The van der Waals surface area contributed by atoms with Crippen molar-refractivity contribution in [3.05, 3.63) is 28.4 Å². The molecule has 0 saturated heterocycles. The molecule has 17 heavy (non-hydrogen) atoms. The number of aromatic nitrogens is 2. The first-order valence-corrected chi connectivity index (χ1v) is 5.41. The van der Waals surface area contributed by atoms with Crippen molar-refractivity contribution in [1.82, 2.24) is 20.4 Å². The highest BCUT2D eigenvalue weighted by Gasteiger charge is 2.22. The highest BCUT2D eigenvalue weighted by atomic mass is 35.5. The Kier molecular flexibility index (Phi) is 3.33. The lowest BCUT2D eigenvalue weighted by Crippen LogP contribution is -2.33. The third-order valence-corrected chi connectivity index (χ3v) is 2.54. The lowest BCUT2D eigenvalue weighted by Gasteiger charge is -2.11. The minimum Gasteiger partial charge on any atom is -0.339 e. The number of anilines is 1. The number of rotatable bonds is 2. The van der Waals surface area contributed by atoms with Gasteiger partial charge >= 0.3 is 0 Å². The fourth-order valence-corrected chi connectivity index (χ4v) is 1.64. The van der Waals surface area contributed by atoms with Gasteiger partial charge in [-0.2, -0.15) is 10.2 Å². The molecule has 0 radical (unpaired) electrons. The number of hydrogen-bond donors (Lipinski definition) is 2. The molecule has 8 heteroatoms. The van der Waals surface area contributed by atoms with Crippen molar-refractivity contribution in [2.75, 3.05) is 12.4 Å². The highest BCUT2D eigenvalue weighted by molar-refractivity contribution is 6.33. The molecule has 2 N–H and O–H groups in total. The van der Waals surface area contributed by atoms with Gasteiger partial charge in [-0.25, -0.2) is 10.4 Å². The van der Waals surface area contributed by atoms with E-state index < -0.39 is 6.04 Å². The van der Waals surface area contributed by atoms with E-state index in [-0.39, 0.29) is 5.28 Å². The van der Waals surface area contributed by atoms with Gasteiger partial charge in [0.2, 0.25) is 5.28 Å². The second kappa shape index (κ2) is 4.75. The fourth-order valence-electron chi connectivity index (χ4n) is 1.37. The standard InChI is InChI=1S/C9H8Cl2N6/c1-17-4-7(6(2-12)16-17)14-8-5(10)3-13-9(11)15-8/h3-4,6,16H,1H3,(H,13,14,15). The average molecular weight is 271 g/mol. The lowest BCUT2D eigenvalue weighted by molar-refractivity contribution is 0.352. The van der Waals surface area contributed by atoms with Gasteiger partial charge in [-0.1, -0.05) is 11.6 Å². The van der Waals surface area contributed by atoms with E-state index in [1.807, 2.05) is 0 Å². The molecular formula is C9H8Cl2N6. The molecule has 2 heterocycles. The molecule has 0 saturated carbocycles. The lowest BCUT2D eigenvalue weighted by atomic mass is 10.3. The fraction of sp³-hybridized carbons (Fsp3) is 0.222. The van der Waals surface area contributed by atoms with Crippen LogP contribution in [0.4, 0.5) is 5.82 Å². The van der Waals surface area contributed by atoms with Crippen LogP contribution in [0, 0.1) is 11.3 Å². The zero-order valence-electron chi connectivity index (χ0n) is 8.78. The molecule has 2 rings (SSSR count). The van der Waals surface area contributed by atoms with Gasteiger partial charge in [-0.05, 0) is 11.6 Å². The molecule has 0 spiro atoms. The second-order valence-electron chi connectivity index (χ2n) is 3.35. The van der Waals surface area contributed by atoms with Crippen LogP contribution in [0.25, 0.3) is 0 Å². The minimum absolute atomic E-state index is 0.0883. The molecule has 1 unspecified atom stereocenters. The van der Waals surface area contributed by atoms with Crippen molar-refractivity contribution in [3.63, 3.8) is 0 Å². The molecule has 1 aromatic rings. The van der Waals surface area contributed by atoms with Crippen molar-refractivity contribution < 1.29 is 0 Å². The summed E-state index contributed by atoms with van der Waals surface area (Å²) in [7, 11) is 1.79. The van der Waals surface area contributed by atoms with Gasteiger partial charge in [-0.3, -0.25) is 0 Å². The number of halogens is 2. The molecule has 0 fully saturated rings. The van der Waals surface area contributed by atoms with E-state index >= 15 is 0 Å². The molecule has 6 nitrogen and oxygen atoms in total. The van der Waals surface area contributed by atoms with Gasteiger partial charge in [0.1, 0.15) is 5.02 Å². The quantitative estimate of drug-likeness (QED) is 0.791. The Morgan fingerprint density at radius 2 is 2.35 bits per heavy atom. The predicted molar refractivity (Wildman–Crippen MR) is 64.1 cm³/mol. The second-order valence-corrected chi connectivity index (χ2v) is 4.09. The van der Waals surface area contributed by atoms with Crippen molar-refractivity contribution in [2.45, 2.75) is 6.04 Å². The average Bonchev–Trinajstić information content (AvgIpc) is 2.64. The van der Waals surface area contributed by atoms with Crippen LogP contribution in [-0.4, -0.2) is 28.1 Å². The number of nitrogens with zero attached hydrogens (tertiary/aromatic N) is 4. The van der Waals surface area contributed by atoms with Crippen molar-refractivity contribution >= 4 is 29.0 Å². The summed E-state index contributed by atoms with van der Waals surface area (Å²) in [6.07, 6.45) is 3.13. The first-order valence-electron chi connectivity index (χ1n) is 4.65. The van der Waals surface area contributed by atoms with Gasteiger partial charge in [0, 0.05) is 13.2 Å². The summed E-state index contributed by atoms with van der Waals surface area (Å²) in [5.74, 6) is 0.371. The largest absolute Gasteiger partial charge is 0.339 e. The summed E-state index contributed by atoms with van der Waals surface area (Å²) in [6.45, 7) is 0. The van der Waals surface area contributed by atoms with Gasteiger partial charge in [0.25, 0.3) is 0 Å². The molecular weight excluding hydrogens is 263 g/mol.